The Kier molecular flexibility index (Phi) is 3.28. The average molecular weight is 918 g/mol. The predicted octanol–water partition coefficient (Wildman–Crippen LogP) is 15.0. The summed E-state index contributed by atoms with van der Waals surface area (Å²) in [6, 6.07) is -39.3. The fraction of sp³-hybridized carbons (Fsp3) is 0. The smallest absolute Gasteiger partial charge is 0.297 e. The lowest BCUT2D eigenvalue weighted by atomic mass is 9.35. The van der Waals surface area contributed by atoms with Crippen molar-refractivity contribution in [1.29, 1.82) is 0 Å². The van der Waals surface area contributed by atoms with Gasteiger partial charge in [-0.25, -0.2) is 0 Å². The summed E-state index contributed by atoms with van der Waals surface area (Å²) in [7, 11) is 0. The van der Waals surface area contributed by atoms with Crippen LogP contribution in [0.3, 0.4) is 0 Å². The second-order valence-electron chi connectivity index (χ2n) is 15.6. The van der Waals surface area contributed by atoms with Crippen molar-refractivity contribution in [2.45, 2.75) is 0 Å². The molecular weight excluding hydrogens is 844 g/mol. The molecule has 0 fully saturated rings. The Labute approximate surface area is 448 Å². The number of hydrogen-bond acceptors (Lipinski definition) is 5. The van der Waals surface area contributed by atoms with E-state index in [1.807, 2.05) is 0 Å². The van der Waals surface area contributed by atoms with E-state index in [0.717, 1.165) is 9.47 Å². The standard InChI is InChI=1S/C62H37BN4O2/c1-4-16-38(17-5-1)39-30-33-56-48(34-39)60-62(69-56)63-49-25-15-28-52-61(49)67(51-27-14-24-47-44-22-10-12-26-50(44)66(52)59(47)51)54-36-43(64(40-18-6-2-7-19-40)41-20-8-3-9-21-41)35-53(58(54)63)65(60)42-31-32-46-45-23-11-13-29-55(45)68-57(46)37-42/h1-37H/i1D,2D,3D,4D,5D,6D,7D,8D,9D,10D,11D,12D,13D,14D,15D,16D,17D,18D,19D,20D,21D,22D,23D,24D,25D,26D,27D,28D,29D,30D,31D,32D,33D,34D,35D,36D,37D. The number of hydrogen-bond donors (Lipinski definition) is 0. The SMILES string of the molecule is [2H]c1c([2H])c([2H])c(-c2c([2H])c([2H])c3oc4c(c3c2[2H])N(c2c([2H])c([2H])c3c(oc5c([2H])c([2H])c([2H])c([2H])c53)c2[2H])c2c([2H])c(N(c3c([2H])c([2H])c([2H])c([2H])c3[2H])c3c([2H])c([2H])c([2H])c([2H])c3[2H])c([2H])c3c2B4c2c([2H])c([2H])c([2H])c4c2N3c2c([2H])c([2H])c([2H])c3c5c([2H])c([2H])c([2H])c([2H])c5n-4c23)c([2H])c1[2H]. The van der Waals surface area contributed by atoms with Gasteiger partial charge in [0, 0.05) is 61.4 Å². The van der Waals surface area contributed by atoms with E-state index in [9.17, 15) is 27.4 Å². The second kappa shape index (κ2) is 13.7. The molecule has 69 heavy (non-hydrogen) atoms. The highest BCUT2D eigenvalue weighted by Crippen LogP contribution is 2.55. The topological polar surface area (TPSA) is 40.9 Å². The minimum atomic E-state index is -2.26. The molecule has 16 rings (SSSR count). The van der Waals surface area contributed by atoms with Gasteiger partial charge in [-0.2, -0.15) is 0 Å². The summed E-state index contributed by atoms with van der Waals surface area (Å²) < 4.78 is 364. The van der Waals surface area contributed by atoms with Gasteiger partial charge in [-0.15, -0.1) is 0 Å². The maximum absolute atomic E-state index is 11.2. The molecule has 320 valence electrons. The fourth-order valence-electron chi connectivity index (χ4n) is 9.54. The van der Waals surface area contributed by atoms with E-state index >= 15 is 0 Å². The maximum atomic E-state index is 11.2. The van der Waals surface area contributed by atoms with Crippen LogP contribution in [0.1, 0.15) is 50.7 Å². The molecule has 3 aliphatic heterocycles. The van der Waals surface area contributed by atoms with Crippen molar-refractivity contribution in [3.8, 4) is 16.8 Å². The predicted molar refractivity (Wildman–Crippen MR) is 286 cm³/mol. The molecule has 3 aromatic heterocycles. The Hall–Kier alpha value is -9.20. The van der Waals surface area contributed by atoms with E-state index < -0.39 is 370 Å². The molecule has 0 atom stereocenters. The number of rotatable bonds is 5. The van der Waals surface area contributed by atoms with Gasteiger partial charge in [0.15, 0.2) is 0 Å². The first-order valence-electron chi connectivity index (χ1n) is 39.1. The fourth-order valence-corrected chi connectivity index (χ4v) is 9.54. The average Bonchev–Trinajstić information content (AvgIpc) is 1.30. The molecule has 0 unspecified atom stereocenters. The number of para-hydroxylation sites is 6. The quantitative estimate of drug-likeness (QED) is 0.161. The molecule has 0 aliphatic carbocycles. The van der Waals surface area contributed by atoms with Crippen LogP contribution in [-0.4, -0.2) is 11.3 Å². The van der Waals surface area contributed by atoms with Crippen LogP contribution in [0, 0.1) is 0 Å². The summed E-state index contributed by atoms with van der Waals surface area (Å²) in [5, 5.41) is -3.08. The second-order valence-corrected chi connectivity index (χ2v) is 15.6. The number of furan rings is 2. The van der Waals surface area contributed by atoms with Gasteiger partial charge >= 0.3 is 0 Å². The van der Waals surface area contributed by atoms with Crippen LogP contribution in [0.25, 0.3) is 71.5 Å². The molecule has 6 nitrogen and oxygen atoms in total. The molecule has 0 spiro atoms. The molecule has 0 bridgehead atoms. The lowest BCUT2D eigenvalue weighted by Crippen LogP contribution is -2.61. The van der Waals surface area contributed by atoms with Crippen molar-refractivity contribution in [1.82, 2.24) is 4.57 Å². The zero-order chi connectivity index (χ0) is 77.1. The highest BCUT2D eigenvalue weighted by atomic mass is 16.3. The van der Waals surface area contributed by atoms with Crippen molar-refractivity contribution in [2.75, 3.05) is 14.7 Å². The van der Waals surface area contributed by atoms with E-state index in [4.69, 9.17) is 32.1 Å². The third-order valence-electron chi connectivity index (χ3n) is 12.2. The van der Waals surface area contributed by atoms with Crippen molar-refractivity contribution in [3.63, 3.8) is 0 Å². The molecule has 0 saturated heterocycles. The van der Waals surface area contributed by atoms with Gasteiger partial charge in [0.2, 0.25) is 0 Å². The number of anilines is 9. The number of nitrogens with zero attached hydrogens (tertiary/aromatic N) is 4. The minimum Gasteiger partial charge on any atom is -0.468 e. The van der Waals surface area contributed by atoms with E-state index in [-0.39, 0.29) is 0 Å². The number of aromatic nitrogens is 1. The molecule has 7 heteroatoms. The Morgan fingerprint density at radius 3 is 1.87 bits per heavy atom. The van der Waals surface area contributed by atoms with Crippen LogP contribution in [0.15, 0.2) is 232 Å². The van der Waals surface area contributed by atoms with Crippen LogP contribution in [0.4, 0.5) is 51.2 Å². The Balaban J connectivity index is 1.24. The monoisotopic (exact) mass is 918 g/mol. The maximum Gasteiger partial charge on any atom is 0.297 e. The molecule has 6 heterocycles. The molecule has 10 aromatic carbocycles. The first-order chi connectivity index (χ1) is 49.7. The van der Waals surface area contributed by atoms with Gasteiger partial charge in [-0.05, 0) is 107 Å². The molecule has 3 aliphatic rings. The molecule has 13 aromatic rings. The third kappa shape index (κ3) is 5.00. The number of benzene rings is 10. The zero-order valence-electron chi connectivity index (χ0n) is 71.2. The molecule has 0 amide bonds. The van der Waals surface area contributed by atoms with Gasteiger partial charge in [0.1, 0.15) is 16.7 Å². The van der Waals surface area contributed by atoms with Gasteiger partial charge in [-0.1, -0.05) is 133 Å². The number of fused-ring (bicyclic) bond motifs is 14. The Morgan fingerprint density at radius 2 is 1.06 bits per heavy atom. The Morgan fingerprint density at radius 1 is 0.406 bits per heavy atom. The van der Waals surface area contributed by atoms with Crippen LogP contribution in [0.2, 0.25) is 0 Å². The van der Waals surface area contributed by atoms with Crippen LogP contribution >= 0.6 is 0 Å². The van der Waals surface area contributed by atoms with Crippen molar-refractivity contribution in [3.05, 3.63) is 224 Å². The summed E-state index contributed by atoms with van der Waals surface area (Å²) in [6.07, 6.45) is 0. The lowest BCUT2D eigenvalue weighted by Gasteiger charge is -2.45. The first-order valence-corrected chi connectivity index (χ1v) is 20.6. The van der Waals surface area contributed by atoms with Crippen LogP contribution < -0.4 is 31.3 Å². The van der Waals surface area contributed by atoms with E-state index in [0.29, 0.717) is 9.80 Å². The zero-order valence-corrected chi connectivity index (χ0v) is 34.2. The Bertz CT molecular complexity index is 6390. The first kappa shape index (κ1) is 16.5. The highest BCUT2D eigenvalue weighted by Gasteiger charge is 2.49. The van der Waals surface area contributed by atoms with Crippen LogP contribution in [-0.2, 0) is 0 Å². The summed E-state index contributed by atoms with van der Waals surface area (Å²) in [6.45, 7) is -2.26. The van der Waals surface area contributed by atoms with Gasteiger partial charge in [0.25, 0.3) is 6.71 Å². The molecule has 0 N–H and O–H groups in total. The van der Waals surface area contributed by atoms with E-state index in [1.165, 1.54) is 0 Å². The normalized spacial score (nSPS) is 20.6. The van der Waals surface area contributed by atoms with Crippen molar-refractivity contribution in [2.24, 2.45) is 0 Å². The van der Waals surface area contributed by atoms with Gasteiger partial charge < -0.3 is 28.1 Å². The highest BCUT2D eigenvalue weighted by molar-refractivity contribution is 7.00. The summed E-state index contributed by atoms with van der Waals surface area (Å²) in [4.78, 5) is 1.89. The minimum absolute atomic E-state index is 0.350. The summed E-state index contributed by atoms with van der Waals surface area (Å²) in [5.74, 6) is 0. The largest absolute Gasteiger partial charge is 0.468 e. The van der Waals surface area contributed by atoms with Gasteiger partial charge in [0.05, 0.1) is 95.8 Å². The van der Waals surface area contributed by atoms with E-state index in [2.05, 4.69) is 0 Å². The summed E-state index contributed by atoms with van der Waals surface area (Å²) in [5.41, 5.74) is -17.0. The molecule has 0 radical (unpaired) electrons. The van der Waals surface area contributed by atoms with Gasteiger partial charge in [-0.3, -0.25) is 0 Å². The van der Waals surface area contributed by atoms with Crippen molar-refractivity contribution < 1.29 is 59.6 Å². The molecule has 0 saturated carbocycles. The lowest BCUT2D eigenvalue weighted by molar-refractivity contribution is 0.651. The van der Waals surface area contributed by atoms with Crippen LogP contribution in [0.5, 0.6) is 0 Å². The molecular formula is C62H37BN4O2. The summed E-state index contributed by atoms with van der Waals surface area (Å²) >= 11 is 0. The van der Waals surface area contributed by atoms with Crippen molar-refractivity contribution >= 4 is 129 Å². The third-order valence-corrected chi connectivity index (χ3v) is 12.2. The van der Waals surface area contributed by atoms with E-state index in [1.54, 1.807) is 0 Å².